The lowest BCUT2D eigenvalue weighted by molar-refractivity contribution is 0.406. The normalized spacial score (nSPS) is 11.4. The van der Waals surface area contributed by atoms with Crippen LogP contribution in [-0.2, 0) is 7.05 Å². The summed E-state index contributed by atoms with van der Waals surface area (Å²) < 4.78 is 28.7. The van der Waals surface area contributed by atoms with Gasteiger partial charge >= 0.3 is 5.69 Å². The standard InChI is InChI=1S/C22H19FN6O3/c1-11-14(10-28(2)27-11)12-5-13-16(6-18(12)31-3)25-8-17-20(13)29(22(30)26-17)21-15(23)7-24-9-19(21)32-4/h5-10H,1-4H3,(H,26,30). The van der Waals surface area contributed by atoms with E-state index >= 15 is 0 Å². The molecule has 9 nitrogen and oxygen atoms in total. The van der Waals surface area contributed by atoms with E-state index < -0.39 is 11.5 Å². The SMILES string of the molecule is COc1cc2ncc3[nH]c(=O)n(-c4c(F)cncc4OC)c3c2cc1-c1cn(C)nc1C. The lowest BCUT2D eigenvalue weighted by Crippen LogP contribution is -2.17. The average Bonchev–Trinajstić information content (AvgIpc) is 3.29. The Kier molecular flexibility index (Phi) is 4.43. The molecule has 5 aromatic rings. The summed E-state index contributed by atoms with van der Waals surface area (Å²) in [5, 5.41) is 5.06. The van der Waals surface area contributed by atoms with Crippen LogP contribution in [0.2, 0.25) is 0 Å². The number of benzene rings is 1. The highest BCUT2D eigenvalue weighted by Crippen LogP contribution is 2.38. The minimum absolute atomic E-state index is 0.0267. The first-order valence-corrected chi connectivity index (χ1v) is 9.73. The number of nitrogens with zero attached hydrogens (tertiary/aromatic N) is 5. The van der Waals surface area contributed by atoms with E-state index in [-0.39, 0.29) is 11.4 Å². The fraction of sp³-hybridized carbons (Fsp3) is 0.182. The highest BCUT2D eigenvalue weighted by Gasteiger charge is 2.22. The van der Waals surface area contributed by atoms with E-state index in [1.165, 1.54) is 24.1 Å². The maximum absolute atomic E-state index is 14.9. The largest absolute Gasteiger partial charge is 0.496 e. The van der Waals surface area contributed by atoms with Gasteiger partial charge in [0.1, 0.15) is 11.4 Å². The van der Waals surface area contributed by atoms with Crippen molar-refractivity contribution in [1.82, 2.24) is 29.3 Å². The maximum atomic E-state index is 14.9. The van der Waals surface area contributed by atoms with Crippen molar-refractivity contribution in [3.05, 3.63) is 58.9 Å². The van der Waals surface area contributed by atoms with Crippen LogP contribution in [0.3, 0.4) is 0 Å². The first-order chi connectivity index (χ1) is 15.4. The summed E-state index contributed by atoms with van der Waals surface area (Å²) in [6, 6.07) is 3.67. The zero-order valence-corrected chi connectivity index (χ0v) is 17.8. The van der Waals surface area contributed by atoms with Crippen molar-refractivity contribution in [1.29, 1.82) is 0 Å². The summed E-state index contributed by atoms with van der Waals surface area (Å²) in [5.41, 5.74) is 3.43. The van der Waals surface area contributed by atoms with Gasteiger partial charge in [-0.25, -0.2) is 9.18 Å². The Morgan fingerprint density at radius 2 is 1.84 bits per heavy atom. The molecule has 0 aliphatic heterocycles. The van der Waals surface area contributed by atoms with E-state index in [0.717, 1.165) is 23.0 Å². The van der Waals surface area contributed by atoms with Gasteiger partial charge in [0.25, 0.3) is 0 Å². The topological polar surface area (TPSA) is 99.9 Å². The van der Waals surface area contributed by atoms with Crippen LogP contribution >= 0.6 is 0 Å². The lowest BCUT2D eigenvalue weighted by atomic mass is 10.0. The number of aryl methyl sites for hydroxylation is 2. The van der Waals surface area contributed by atoms with E-state index in [0.29, 0.717) is 27.7 Å². The quantitative estimate of drug-likeness (QED) is 0.467. The fourth-order valence-electron chi connectivity index (χ4n) is 4.04. The minimum Gasteiger partial charge on any atom is -0.496 e. The Morgan fingerprint density at radius 1 is 1.06 bits per heavy atom. The minimum atomic E-state index is -0.686. The summed E-state index contributed by atoms with van der Waals surface area (Å²) >= 11 is 0. The number of nitrogens with one attached hydrogen (secondary N) is 1. The number of imidazole rings is 1. The molecule has 1 aromatic carbocycles. The molecule has 0 fully saturated rings. The van der Waals surface area contributed by atoms with Gasteiger partial charge in [-0.2, -0.15) is 5.10 Å². The van der Waals surface area contributed by atoms with E-state index in [4.69, 9.17) is 9.47 Å². The number of fused-ring (bicyclic) bond motifs is 3. The number of aromatic nitrogens is 6. The molecule has 0 radical (unpaired) electrons. The van der Waals surface area contributed by atoms with Gasteiger partial charge in [-0.1, -0.05) is 0 Å². The van der Waals surface area contributed by atoms with Crippen molar-refractivity contribution >= 4 is 21.9 Å². The molecular weight excluding hydrogens is 415 g/mol. The molecule has 0 bridgehead atoms. The number of ether oxygens (including phenoxy) is 2. The molecule has 0 saturated heterocycles. The van der Waals surface area contributed by atoms with Crippen LogP contribution in [0.5, 0.6) is 11.5 Å². The van der Waals surface area contributed by atoms with E-state index in [1.54, 1.807) is 17.9 Å². The second kappa shape index (κ2) is 7.19. The van der Waals surface area contributed by atoms with Crippen molar-refractivity contribution in [3.63, 3.8) is 0 Å². The predicted molar refractivity (Wildman–Crippen MR) is 117 cm³/mol. The van der Waals surface area contributed by atoms with Crippen molar-refractivity contribution in [3.8, 4) is 28.3 Å². The van der Waals surface area contributed by atoms with Gasteiger partial charge in [0.05, 0.1) is 55.1 Å². The fourth-order valence-corrected chi connectivity index (χ4v) is 4.04. The molecular formula is C22H19FN6O3. The summed E-state index contributed by atoms with van der Waals surface area (Å²) in [6.45, 7) is 1.90. The van der Waals surface area contributed by atoms with Crippen LogP contribution in [0.15, 0.2) is 41.7 Å². The molecule has 0 aliphatic rings. The van der Waals surface area contributed by atoms with Crippen molar-refractivity contribution in [2.45, 2.75) is 6.92 Å². The molecule has 32 heavy (non-hydrogen) atoms. The van der Waals surface area contributed by atoms with Gasteiger partial charge in [-0.05, 0) is 13.0 Å². The molecule has 0 aliphatic carbocycles. The van der Waals surface area contributed by atoms with Gasteiger partial charge in [-0.3, -0.25) is 19.2 Å². The monoisotopic (exact) mass is 434 g/mol. The second-order valence-electron chi connectivity index (χ2n) is 7.33. The van der Waals surface area contributed by atoms with Crippen molar-refractivity contribution < 1.29 is 13.9 Å². The molecule has 10 heteroatoms. The molecule has 0 unspecified atom stereocenters. The molecule has 0 atom stereocenters. The number of pyridine rings is 2. The number of aromatic amines is 1. The van der Waals surface area contributed by atoms with Crippen LogP contribution in [0.25, 0.3) is 38.8 Å². The van der Waals surface area contributed by atoms with E-state index in [9.17, 15) is 9.18 Å². The van der Waals surface area contributed by atoms with Gasteiger partial charge < -0.3 is 14.5 Å². The number of H-pyrrole nitrogens is 1. The Balaban J connectivity index is 1.93. The summed E-state index contributed by atoms with van der Waals surface area (Å²) in [7, 11) is 4.82. The van der Waals surface area contributed by atoms with Crippen molar-refractivity contribution in [2.24, 2.45) is 7.05 Å². The molecule has 162 valence electrons. The van der Waals surface area contributed by atoms with Crippen LogP contribution in [0.4, 0.5) is 4.39 Å². The highest BCUT2D eigenvalue weighted by atomic mass is 19.1. The smallest absolute Gasteiger partial charge is 0.331 e. The van der Waals surface area contributed by atoms with Gasteiger partial charge in [0.15, 0.2) is 11.6 Å². The Labute approximate surface area is 181 Å². The Hall–Kier alpha value is -4.21. The zero-order valence-electron chi connectivity index (χ0n) is 17.8. The number of rotatable bonds is 4. The Morgan fingerprint density at radius 3 is 2.53 bits per heavy atom. The molecule has 0 saturated carbocycles. The van der Waals surface area contributed by atoms with E-state index in [1.807, 2.05) is 26.2 Å². The molecule has 1 N–H and O–H groups in total. The third-order valence-electron chi connectivity index (χ3n) is 5.42. The third-order valence-corrected chi connectivity index (χ3v) is 5.42. The van der Waals surface area contributed by atoms with Gasteiger partial charge in [0, 0.05) is 35.8 Å². The summed E-state index contributed by atoms with van der Waals surface area (Å²) in [4.78, 5) is 24.0. The maximum Gasteiger partial charge on any atom is 0.331 e. The van der Waals surface area contributed by atoms with Crippen LogP contribution < -0.4 is 15.2 Å². The summed E-state index contributed by atoms with van der Waals surface area (Å²) in [6.07, 6.45) is 5.83. The average molecular weight is 434 g/mol. The highest BCUT2D eigenvalue weighted by molar-refractivity contribution is 6.05. The van der Waals surface area contributed by atoms with Crippen molar-refractivity contribution in [2.75, 3.05) is 14.2 Å². The van der Waals surface area contributed by atoms with E-state index in [2.05, 4.69) is 20.1 Å². The number of halogens is 1. The Bertz CT molecular complexity index is 1570. The number of hydrogen-bond donors (Lipinski definition) is 1. The summed E-state index contributed by atoms with van der Waals surface area (Å²) in [5.74, 6) is 0.0570. The van der Waals surface area contributed by atoms with Gasteiger partial charge in [0.2, 0.25) is 0 Å². The molecule has 0 spiro atoms. The lowest BCUT2D eigenvalue weighted by Gasteiger charge is -2.13. The molecule has 4 heterocycles. The predicted octanol–water partition coefficient (Wildman–Crippen LogP) is 3.13. The molecule has 5 rings (SSSR count). The zero-order chi connectivity index (χ0) is 22.6. The second-order valence-corrected chi connectivity index (χ2v) is 7.33. The third kappa shape index (κ3) is 2.83. The first kappa shape index (κ1) is 19.7. The van der Waals surface area contributed by atoms with Crippen LogP contribution in [0, 0.1) is 12.7 Å². The number of methoxy groups -OCH3 is 2. The first-order valence-electron chi connectivity index (χ1n) is 9.73. The number of hydrogen-bond acceptors (Lipinski definition) is 6. The molecule has 0 amide bonds. The van der Waals surface area contributed by atoms with Crippen LogP contribution in [-0.4, -0.2) is 43.5 Å². The van der Waals surface area contributed by atoms with Gasteiger partial charge in [-0.15, -0.1) is 0 Å². The van der Waals surface area contributed by atoms with Crippen LogP contribution in [0.1, 0.15) is 5.69 Å². The molecule has 4 aromatic heterocycles.